The van der Waals surface area contributed by atoms with Gasteiger partial charge in [0, 0.05) is 0 Å². The van der Waals surface area contributed by atoms with Gasteiger partial charge >= 0.3 is 5.97 Å². The first kappa shape index (κ1) is 23.8. The molecule has 3 N–H and O–H groups in total. The number of hydrogen-bond acceptors (Lipinski definition) is 5. The minimum absolute atomic E-state index is 0.123. The van der Waals surface area contributed by atoms with Crippen molar-refractivity contribution in [1.29, 1.82) is 0 Å². The second-order valence-corrected chi connectivity index (χ2v) is 8.69. The molecular formula is C22H34O6. The van der Waals surface area contributed by atoms with E-state index in [0.29, 0.717) is 36.9 Å². The third-order valence-corrected chi connectivity index (χ3v) is 5.17. The largest absolute Gasteiger partial charge is 0.508 e. The predicted octanol–water partition coefficient (Wildman–Crippen LogP) is 4.59. The molecule has 0 radical (unpaired) electrons. The van der Waals surface area contributed by atoms with Crippen molar-refractivity contribution in [1.82, 2.24) is 0 Å². The number of carboxylic acids is 1. The standard InChI is InChI=1S/C22H34O6/c1-21(2,20(26)27)11-7-5-9-16-13-18(24)14-17(19(16)25)10-6-8-12-22(3,4)28-15-23/h13-15,24-25H,5-12H2,1-4H3,(H,26,27). The highest BCUT2D eigenvalue weighted by atomic mass is 16.5. The van der Waals surface area contributed by atoms with Crippen LogP contribution in [0.25, 0.3) is 0 Å². The third-order valence-electron chi connectivity index (χ3n) is 5.17. The predicted molar refractivity (Wildman–Crippen MR) is 108 cm³/mol. The monoisotopic (exact) mass is 394 g/mol. The van der Waals surface area contributed by atoms with Gasteiger partial charge in [-0.3, -0.25) is 9.59 Å². The van der Waals surface area contributed by atoms with E-state index in [-0.39, 0.29) is 11.5 Å². The number of aliphatic carboxylic acids is 1. The van der Waals surface area contributed by atoms with Gasteiger partial charge in [0.25, 0.3) is 6.47 Å². The third kappa shape index (κ3) is 7.79. The number of phenolic OH excluding ortho intramolecular Hbond substituents is 2. The lowest BCUT2D eigenvalue weighted by molar-refractivity contribution is -0.147. The maximum Gasteiger partial charge on any atom is 0.309 e. The number of hydrogen-bond donors (Lipinski definition) is 3. The fourth-order valence-corrected chi connectivity index (χ4v) is 3.17. The van der Waals surface area contributed by atoms with E-state index < -0.39 is 17.0 Å². The van der Waals surface area contributed by atoms with Gasteiger partial charge in [0.05, 0.1) is 5.41 Å². The lowest BCUT2D eigenvalue weighted by atomic mass is 9.86. The molecule has 0 unspecified atom stereocenters. The summed E-state index contributed by atoms with van der Waals surface area (Å²) in [5.74, 6) is -0.478. The number of carbonyl (C=O) groups is 2. The van der Waals surface area contributed by atoms with Crippen molar-refractivity contribution in [3.63, 3.8) is 0 Å². The summed E-state index contributed by atoms with van der Waals surface area (Å²) in [6.07, 6.45) is 5.59. The fourth-order valence-electron chi connectivity index (χ4n) is 3.17. The van der Waals surface area contributed by atoms with Crippen molar-refractivity contribution in [3.05, 3.63) is 23.3 Å². The van der Waals surface area contributed by atoms with Gasteiger partial charge in [-0.1, -0.05) is 6.42 Å². The molecule has 158 valence electrons. The van der Waals surface area contributed by atoms with Crippen LogP contribution in [0.2, 0.25) is 0 Å². The first-order valence-electron chi connectivity index (χ1n) is 9.87. The Kier molecular flexibility index (Phi) is 8.79. The van der Waals surface area contributed by atoms with Crippen LogP contribution < -0.4 is 0 Å². The average Bonchev–Trinajstić information content (AvgIpc) is 2.58. The van der Waals surface area contributed by atoms with Gasteiger partial charge in [-0.15, -0.1) is 0 Å². The minimum atomic E-state index is -0.809. The Balaban J connectivity index is 2.58. The number of benzene rings is 1. The number of carbonyl (C=O) groups excluding carboxylic acids is 1. The van der Waals surface area contributed by atoms with Crippen molar-refractivity contribution < 1.29 is 29.6 Å². The van der Waals surface area contributed by atoms with Crippen LogP contribution in [0.15, 0.2) is 12.1 Å². The number of carboxylic acid groups (broad SMARTS) is 1. The minimum Gasteiger partial charge on any atom is -0.508 e. The molecule has 1 aromatic rings. The quantitative estimate of drug-likeness (QED) is 0.257. The number of ether oxygens (including phenoxy) is 1. The molecule has 0 heterocycles. The van der Waals surface area contributed by atoms with Gasteiger partial charge in [-0.05, 0) is 95.9 Å². The first-order chi connectivity index (χ1) is 13.0. The zero-order chi connectivity index (χ0) is 21.4. The molecule has 0 aliphatic carbocycles. The summed E-state index contributed by atoms with van der Waals surface area (Å²) >= 11 is 0. The van der Waals surface area contributed by atoms with E-state index in [2.05, 4.69) is 0 Å². The number of aromatic hydroxyl groups is 2. The van der Waals surface area contributed by atoms with Crippen molar-refractivity contribution in [2.24, 2.45) is 5.41 Å². The summed E-state index contributed by atoms with van der Waals surface area (Å²) in [6.45, 7) is 7.60. The van der Waals surface area contributed by atoms with Gasteiger partial charge in [0.2, 0.25) is 0 Å². The van der Waals surface area contributed by atoms with E-state index in [1.54, 1.807) is 26.0 Å². The molecule has 28 heavy (non-hydrogen) atoms. The highest BCUT2D eigenvalue weighted by Crippen LogP contribution is 2.32. The zero-order valence-corrected chi connectivity index (χ0v) is 17.5. The topological polar surface area (TPSA) is 104 Å². The maximum absolute atomic E-state index is 11.2. The van der Waals surface area contributed by atoms with Gasteiger partial charge in [0.1, 0.15) is 17.1 Å². The van der Waals surface area contributed by atoms with Crippen molar-refractivity contribution in [3.8, 4) is 11.5 Å². The second kappa shape index (κ2) is 10.3. The van der Waals surface area contributed by atoms with Gasteiger partial charge in [-0.2, -0.15) is 0 Å². The lowest BCUT2D eigenvalue weighted by Gasteiger charge is -2.22. The van der Waals surface area contributed by atoms with Crippen LogP contribution in [0.3, 0.4) is 0 Å². The van der Waals surface area contributed by atoms with Crippen LogP contribution in [0.1, 0.15) is 77.3 Å². The molecule has 0 saturated heterocycles. The summed E-state index contributed by atoms with van der Waals surface area (Å²) < 4.78 is 5.03. The van der Waals surface area contributed by atoms with Crippen molar-refractivity contribution >= 4 is 12.4 Å². The van der Waals surface area contributed by atoms with Gasteiger partial charge in [-0.25, -0.2) is 0 Å². The highest BCUT2D eigenvalue weighted by Gasteiger charge is 2.26. The summed E-state index contributed by atoms with van der Waals surface area (Å²) in [4.78, 5) is 21.6. The maximum atomic E-state index is 11.2. The van der Waals surface area contributed by atoms with Gasteiger partial charge < -0.3 is 20.1 Å². The second-order valence-electron chi connectivity index (χ2n) is 8.69. The highest BCUT2D eigenvalue weighted by molar-refractivity contribution is 5.73. The zero-order valence-electron chi connectivity index (χ0n) is 17.5. The summed E-state index contributed by atoms with van der Waals surface area (Å²) in [7, 11) is 0. The Bertz CT molecular complexity index is 663. The summed E-state index contributed by atoms with van der Waals surface area (Å²) in [5, 5.41) is 29.7. The molecule has 0 fully saturated rings. The molecule has 1 aromatic carbocycles. The molecule has 0 aromatic heterocycles. The fraction of sp³-hybridized carbons (Fsp3) is 0.636. The molecule has 0 atom stereocenters. The molecule has 0 saturated carbocycles. The molecule has 1 rings (SSSR count). The van der Waals surface area contributed by atoms with Gasteiger partial charge in [0.15, 0.2) is 0 Å². The Morgan fingerprint density at radius 1 is 0.964 bits per heavy atom. The number of unbranched alkanes of at least 4 members (excludes halogenated alkanes) is 2. The summed E-state index contributed by atoms with van der Waals surface area (Å²) in [6, 6.07) is 3.15. The van der Waals surface area contributed by atoms with Crippen LogP contribution in [0.4, 0.5) is 0 Å². The molecule has 0 aliphatic heterocycles. The van der Waals surface area contributed by atoms with Crippen LogP contribution in [-0.2, 0) is 27.2 Å². The molecule has 6 nitrogen and oxygen atoms in total. The lowest BCUT2D eigenvalue weighted by Crippen LogP contribution is -2.23. The van der Waals surface area contributed by atoms with E-state index in [1.165, 1.54) is 0 Å². The normalized spacial score (nSPS) is 12.0. The Labute approximate surface area is 167 Å². The SMILES string of the molecule is CC(C)(CCCCc1cc(O)cc(CCCCC(C)(C)C(=O)O)c1O)OC=O. The molecule has 0 amide bonds. The van der Waals surface area contributed by atoms with Crippen LogP contribution in [-0.4, -0.2) is 33.4 Å². The summed E-state index contributed by atoms with van der Waals surface area (Å²) in [5.41, 5.74) is 0.132. The number of phenols is 2. The van der Waals surface area contributed by atoms with Crippen molar-refractivity contribution in [2.45, 2.75) is 84.7 Å². The van der Waals surface area contributed by atoms with E-state index in [0.717, 1.165) is 32.1 Å². The Hall–Kier alpha value is -2.24. The van der Waals surface area contributed by atoms with E-state index in [9.17, 15) is 19.8 Å². The Morgan fingerprint density at radius 2 is 1.46 bits per heavy atom. The van der Waals surface area contributed by atoms with E-state index in [1.807, 2.05) is 13.8 Å². The molecule has 0 spiro atoms. The number of rotatable bonds is 13. The van der Waals surface area contributed by atoms with E-state index >= 15 is 0 Å². The average molecular weight is 395 g/mol. The first-order valence-corrected chi connectivity index (χ1v) is 9.87. The molecule has 0 bridgehead atoms. The molecule has 6 heteroatoms. The molecular weight excluding hydrogens is 360 g/mol. The van der Waals surface area contributed by atoms with Crippen LogP contribution in [0, 0.1) is 5.41 Å². The van der Waals surface area contributed by atoms with Crippen LogP contribution >= 0.6 is 0 Å². The van der Waals surface area contributed by atoms with Crippen molar-refractivity contribution in [2.75, 3.05) is 0 Å². The molecule has 0 aliphatic rings. The van der Waals surface area contributed by atoms with E-state index in [4.69, 9.17) is 9.84 Å². The smallest absolute Gasteiger partial charge is 0.309 e. The Morgan fingerprint density at radius 3 is 1.93 bits per heavy atom. The van der Waals surface area contributed by atoms with Crippen LogP contribution in [0.5, 0.6) is 11.5 Å². The number of aryl methyl sites for hydroxylation is 2.